The topological polar surface area (TPSA) is 92.8 Å². The number of carbonyl (C=O) groups is 2. The third-order valence-electron chi connectivity index (χ3n) is 3.72. The van der Waals surface area contributed by atoms with Gasteiger partial charge in [-0.05, 0) is 42.8 Å². The molecule has 0 unspecified atom stereocenters. The monoisotopic (exact) mass is 412 g/mol. The van der Waals surface area contributed by atoms with Crippen molar-refractivity contribution in [1.29, 1.82) is 0 Å². The molecule has 0 saturated carbocycles. The van der Waals surface area contributed by atoms with Crippen LogP contribution >= 0.6 is 0 Å². The van der Waals surface area contributed by atoms with Gasteiger partial charge in [-0.25, -0.2) is 26.3 Å². The second kappa shape index (κ2) is 8.44. The average molecular weight is 412 g/mol. The number of amides is 1. The Morgan fingerprint density at radius 1 is 1.07 bits per heavy atom. The largest absolute Gasteiger partial charge is 0.452 e. The standard InChI is InChI=1S/C18H18F2N2O5S/c1-11-4-6-13(9-16(11)28(25,26)22(2)3)21-17(23)10-27-18(24)12-5-7-14(19)15(20)8-12/h4-9H,10H2,1-3H3,(H,21,23). The molecule has 1 amide bonds. The molecule has 0 heterocycles. The van der Waals surface area contributed by atoms with Crippen molar-refractivity contribution in [3.05, 3.63) is 59.2 Å². The molecule has 7 nitrogen and oxygen atoms in total. The first-order chi connectivity index (χ1) is 13.0. The Kier molecular flexibility index (Phi) is 6.47. The molecule has 0 aliphatic rings. The van der Waals surface area contributed by atoms with Crippen LogP contribution in [0.4, 0.5) is 14.5 Å². The van der Waals surface area contributed by atoms with E-state index < -0.39 is 40.1 Å². The molecule has 0 radical (unpaired) electrons. The second-order valence-electron chi connectivity index (χ2n) is 6.02. The number of benzene rings is 2. The number of esters is 1. The molecule has 1 N–H and O–H groups in total. The molecule has 2 aromatic carbocycles. The van der Waals surface area contributed by atoms with Gasteiger partial charge < -0.3 is 10.1 Å². The molecule has 0 aliphatic heterocycles. The number of hydrogen-bond acceptors (Lipinski definition) is 5. The lowest BCUT2D eigenvalue weighted by atomic mass is 10.2. The molecule has 10 heteroatoms. The van der Waals surface area contributed by atoms with Gasteiger partial charge in [0.05, 0.1) is 10.5 Å². The normalized spacial score (nSPS) is 11.4. The average Bonchev–Trinajstić information content (AvgIpc) is 2.63. The number of carbonyl (C=O) groups excluding carboxylic acids is 2. The minimum absolute atomic E-state index is 0.0223. The fourth-order valence-corrected chi connectivity index (χ4v) is 3.33. The maximum absolute atomic E-state index is 13.1. The van der Waals surface area contributed by atoms with Crippen LogP contribution in [0, 0.1) is 18.6 Å². The van der Waals surface area contributed by atoms with Gasteiger partial charge in [-0.3, -0.25) is 4.79 Å². The van der Waals surface area contributed by atoms with E-state index >= 15 is 0 Å². The van der Waals surface area contributed by atoms with E-state index in [1.165, 1.54) is 32.3 Å². The summed E-state index contributed by atoms with van der Waals surface area (Å²) in [7, 11) is -0.931. The maximum Gasteiger partial charge on any atom is 0.338 e. The lowest BCUT2D eigenvalue weighted by Crippen LogP contribution is -2.24. The third kappa shape index (κ3) is 4.90. The Morgan fingerprint density at radius 3 is 2.36 bits per heavy atom. The van der Waals surface area contributed by atoms with Crippen molar-refractivity contribution in [2.24, 2.45) is 0 Å². The van der Waals surface area contributed by atoms with Crippen LogP contribution in [0.5, 0.6) is 0 Å². The summed E-state index contributed by atoms with van der Waals surface area (Å²) < 4.78 is 56.4. The van der Waals surface area contributed by atoms with Gasteiger partial charge in [-0.15, -0.1) is 0 Å². The molecule has 0 atom stereocenters. The summed E-state index contributed by atoms with van der Waals surface area (Å²) in [5, 5.41) is 2.41. The van der Waals surface area contributed by atoms with Crippen LogP contribution in [0.15, 0.2) is 41.3 Å². The smallest absolute Gasteiger partial charge is 0.338 e. The van der Waals surface area contributed by atoms with Crippen LogP contribution in [0.25, 0.3) is 0 Å². The van der Waals surface area contributed by atoms with E-state index in [2.05, 4.69) is 5.32 Å². The van der Waals surface area contributed by atoms with Gasteiger partial charge in [0.15, 0.2) is 18.2 Å². The Morgan fingerprint density at radius 2 is 1.75 bits per heavy atom. The predicted molar refractivity (Wildman–Crippen MR) is 97.3 cm³/mol. The number of nitrogens with one attached hydrogen (secondary N) is 1. The van der Waals surface area contributed by atoms with Gasteiger partial charge >= 0.3 is 5.97 Å². The Labute approximate surface area is 161 Å². The first-order valence-corrected chi connectivity index (χ1v) is 9.41. The first kappa shape index (κ1) is 21.5. The highest BCUT2D eigenvalue weighted by Gasteiger charge is 2.20. The number of anilines is 1. The molecule has 0 fully saturated rings. The molecule has 0 spiro atoms. The maximum atomic E-state index is 13.1. The summed E-state index contributed by atoms with van der Waals surface area (Å²) in [6, 6.07) is 6.77. The minimum atomic E-state index is -3.70. The van der Waals surface area contributed by atoms with Gasteiger partial charge in [0, 0.05) is 19.8 Å². The number of halogens is 2. The van der Waals surface area contributed by atoms with Crippen LogP contribution in [-0.2, 0) is 19.6 Å². The molecule has 0 aromatic heterocycles. The van der Waals surface area contributed by atoms with Gasteiger partial charge in [0.1, 0.15) is 0 Å². The van der Waals surface area contributed by atoms with E-state index in [1.807, 2.05) is 0 Å². The molecule has 2 aromatic rings. The summed E-state index contributed by atoms with van der Waals surface area (Å²) >= 11 is 0. The predicted octanol–water partition coefficient (Wildman–Crippen LogP) is 2.32. The van der Waals surface area contributed by atoms with E-state index in [9.17, 15) is 26.8 Å². The lowest BCUT2D eigenvalue weighted by molar-refractivity contribution is -0.119. The fourth-order valence-electron chi connectivity index (χ4n) is 2.19. The van der Waals surface area contributed by atoms with Crippen LogP contribution in [0.3, 0.4) is 0 Å². The van der Waals surface area contributed by atoms with Gasteiger partial charge in [0.2, 0.25) is 10.0 Å². The van der Waals surface area contributed by atoms with Crippen LogP contribution in [0.1, 0.15) is 15.9 Å². The van der Waals surface area contributed by atoms with Gasteiger partial charge in [0.25, 0.3) is 5.91 Å². The Bertz CT molecular complexity index is 1020. The van der Waals surface area contributed by atoms with E-state index in [1.54, 1.807) is 6.92 Å². The number of aryl methyl sites for hydroxylation is 1. The van der Waals surface area contributed by atoms with Crippen molar-refractivity contribution in [2.45, 2.75) is 11.8 Å². The SMILES string of the molecule is Cc1ccc(NC(=O)COC(=O)c2ccc(F)c(F)c2)cc1S(=O)(=O)N(C)C. The molecular formula is C18H18F2N2O5S. The molecule has 150 valence electrons. The summed E-state index contributed by atoms with van der Waals surface area (Å²) in [6.45, 7) is 0.924. The zero-order valence-corrected chi connectivity index (χ0v) is 16.1. The minimum Gasteiger partial charge on any atom is -0.452 e. The van der Waals surface area contributed by atoms with Crippen LogP contribution in [0.2, 0.25) is 0 Å². The van der Waals surface area contributed by atoms with Crippen molar-refractivity contribution in [1.82, 2.24) is 4.31 Å². The highest BCUT2D eigenvalue weighted by atomic mass is 32.2. The molecule has 0 saturated heterocycles. The molecule has 2 rings (SSSR count). The van der Waals surface area contributed by atoms with Crippen molar-refractivity contribution in [3.8, 4) is 0 Å². The molecular weight excluding hydrogens is 394 g/mol. The number of ether oxygens (including phenoxy) is 1. The van der Waals surface area contributed by atoms with Crippen molar-refractivity contribution < 1.29 is 31.5 Å². The number of rotatable bonds is 6. The zero-order chi connectivity index (χ0) is 21.1. The van der Waals surface area contributed by atoms with E-state index in [0.29, 0.717) is 11.6 Å². The van der Waals surface area contributed by atoms with E-state index in [-0.39, 0.29) is 16.1 Å². The number of sulfonamides is 1. The lowest BCUT2D eigenvalue weighted by Gasteiger charge is -2.15. The van der Waals surface area contributed by atoms with Crippen molar-refractivity contribution in [3.63, 3.8) is 0 Å². The molecule has 0 aliphatic carbocycles. The number of hydrogen-bond donors (Lipinski definition) is 1. The van der Waals surface area contributed by atoms with Gasteiger partial charge in [-0.1, -0.05) is 6.07 Å². The highest BCUT2D eigenvalue weighted by molar-refractivity contribution is 7.89. The molecule has 28 heavy (non-hydrogen) atoms. The summed E-state index contributed by atoms with van der Waals surface area (Å²) in [5.41, 5.74) is 0.442. The summed E-state index contributed by atoms with van der Waals surface area (Å²) in [4.78, 5) is 23.8. The third-order valence-corrected chi connectivity index (χ3v) is 5.68. The Hall–Kier alpha value is -2.85. The molecule has 0 bridgehead atoms. The highest BCUT2D eigenvalue weighted by Crippen LogP contribution is 2.22. The Balaban J connectivity index is 2.05. The fraction of sp³-hybridized carbons (Fsp3) is 0.222. The van der Waals surface area contributed by atoms with Crippen LogP contribution < -0.4 is 5.32 Å². The second-order valence-corrected chi connectivity index (χ2v) is 8.14. The first-order valence-electron chi connectivity index (χ1n) is 7.97. The van der Waals surface area contributed by atoms with Crippen molar-refractivity contribution >= 4 is 27.6 Å². The number of nitrogens with zero attached hydrogens (tertiary/aromatic N) is 1. The summed E-state index contributed by atoms with van der Waals surface area (Å²) in [6.07, 6.45) is 0. The van der Waals surface area contributed by atoms with Crippen LogP contribution in [-0.4, -0.2) is 45.3 Å². The summed E-state index contributed by atoms with van der Waals surface area (Å²) in [5.74, 6) is -4.06. The van der Waals surface area contributed by atoms with Crippen molar-refractivity contribution in [2.75, 3.05) is 26.0 Å². The van der Waals surface area contributed by atoms with E-state index in [4.69, 9.17) is 4.74 Å². The quantitative estimate of drug-likeness (QED) is 0.735. The van der Waals surface area contributed by atoms with E-state index in [0.717, 1.165) is 16.4 Å². The zero-order valence-electron chi connectivity index (χ0n) is 15.3. The van der Waals surface area contributed by atoms with Gasteiger partial charge in [-0.2, -0.15) is 0 Å².